The number of aryl methyl sites for hydroxylation is 1. The summed E-state index contributed by atoms with van der Waals surface area (Å²) in [6, 6.07) is 9.27. The van der Waals surface area contributed by atoms with Crippen molar-refractivity contribution in [1.29, 1.82) is 0 Å². The van der Waals surface area contributed by atoms with Crippen LogP contribution in [0.5, 0.6) is 0 Å². The predicted molar refractivity (Wildman–Crippen MR) is 73.4 cm³/mol. The minimum absolute atomic E-state index is 0.293. The Hall–Kier alpha value is -1.87. The average Bonchev–Trinajstić information content (AvgIpc) is 2.38. The molecule has 0 amide bonds. The topological polar surface area (TPSA) is 39.2 Å². The second kappa shape index (κ2) is 4.67. The minimum Gasteiger partial charge on any atom is -0.462 e. The van der Waals surface area contributed by atoms with E-state index >= 15 is 0 Å². The average molecular weight is 274 g/mol. The van der Waals surface area contributed by atoms with Crippen LogP contribution in [0.1, 0.15) is 21.6 Å². The molecule has 0 unspecified atom stereocenters. The fourth-order valence-electron chi connectivity index (χ4n) is 2.31. The summed E-state index contributed by atoms with van der Waals surface area (Å²) in [7, 11) is 0. The number of carbonyl (C=O) groups is 1. The standard InChI is InChI=1S/C15H12ClNO2/c1-9-8-11-6-7-19-15(18)13(11)14(17-9)10-2-4-12(16)5-3-10/h2-5,8H,6-7H2,1H3. The summed E-state index contributed by atoms with van der Waals surface area (Å²) >= 11 is 5.89. The van der Waals surface area contributed by atoms with Crippen molar-refractivity contribution in [2.24, 2.45) is 0 Å². The number of rotatable bonds is 1. The Morgan fingerprint density at radius 3 is 2.74 bits per heavy atom. The van der Waals surface area contributed by atoms with Crippen molar-refractivity contribution in [3.05, 3.63) is 52.2 Å². The number of fused-ring (bicyclic) bond motifs is 1. The number of hydrogen-bond donors (Lipinski definition) is 0. The number of pyridine rings is 1. The van der Waals surface area contributed by atoms with Crippen molar-refractivity contribution in [1.82, 2.24) is 4.98 Å². The van der Waals surface area contributed by atoms with Gasteiger partial charge in [0, 0.05) is 22.7 Å². The predicted octanol–water partition coefficient (Wildman–Crippen LogP) is 3.42. The van der Waals surface area contributed by atoms with Gasteiger partial charge in [-0.1, -0.05) is 23.7 Å². The van der Waals surface area contributed by atoms with Crippen molar-refractivity contribution < 1.29 is 9.53 Å². The van der Waals surface area contributed by atoms with Gasteiger partial charge in [0.05, 0.1) is 17.9 Å². The highest BCUT2D eigenvalue weighted by atomic mass is 35.5. The highest BCUT2D eigenvalue weighted by Gasteiger charge is 2.24. The lowest BCUT2D eigenvalue weighted by Gasteiger charge is -2.19. The molecule has 0 saturated carbocycles. The maximum atomic E-state index is 12.0. The van der Waals surface area contributed by atoms with Gasteiger partial charge in [-0.05, 0) is 30.7 Å². The van der Waals surface area contributed by atoms with E-state index in [-0.39, 0.29) is 5.97 Å². The molecule has 1 aromatic heterocycles. The summed E-state index contributed by atoms with van der Waals surface area (Å²) in [6.45, 7) is 2.37. The first-order valence-corrected chi connectivity index (χ1v) is 6.46. The summed E-state index contributed by atoms with van der Waals surface area (Å²) in [5.74, 6) is -0.293. The van der Waals surface area contributed by atoms with E-state index in [9.17, 15) is 4.79 Å². The van der Waals surface area contributed by atoms with E-state index in [1.807, 2.05) is 25.1 Å². The second-order valence-electron chi connectivity index (χ2n) is 4.54. The molecule has 0 bridgehead atoms. The maximum Gasteiger partial charge on any atom is 0.340 e. The molecule has 4 heteroatoms. The number of cyclic esters (lactones) is 1. The van der Waals surface area contributed by atoms with E-state index in [2.05, 4.69) is 4.98 Å². The Bertz CT molecular complexity index is 650. The molecule has 0 aliphatic carbocycles. The smallest absolute Gasteiger partial charge is 0.340 e. The first kappa shape index (κ1) is 12.2. The van der Waals surface area contributed by atoms with Gasteiger partial charge in [-0.2, -0.15) is 0 Å². The van der Waals surface area contributed by atoms with Gasteiger partial charge in [0.2, 0.25) is 0 Å². The summed E-state index contributed by atoms with van der Waals surface area (Å²) in [5, 5.41) is 0.660. The lowest BCUT2D eigenvalue weighted by Crippen LogP contribution is -2.19. The fraction of sp³-hybridized carbons (Fsp3) is 0.200. The molecule has 0 atom stereocenters. The molecule has 3 rings (SSSR count). The molecule has 2 aromatic rings. The van der Waals surface area contributed by atoms with Gasteiger partial charge >= 0.3 is 5.97 Å². The van der Waals surface area contributed by atoms with Crippen LogP contribution in [-0.4, -0.2) is 17.6 Å². The normalized spacial score (nSPS) is 13.9. The summed E-state index contributed by atoms with van der Waals surface area (Å²) in [6.07, 6.45) is 0.741. The van der Waals surface area contributed by atoms with Gasteiger partial charge in [0.1, 0.15) is 0 Å². The molecule has 0 saturated heterocycles. The molecule has 0 spiro atoms. The van der Waals surface area contributed by atoms with Gasteiger partial charge in [0.25, 0.3) is 0 Å². The molecule has 0 N–H and O–H groups in total. The molecular formula is C15H12ClNO2. The van der Waals surface area contributed by atoms with E-state index in [0.29, 0.717) is 22.9 Å². The van der Waals surface area contributed by atoms with Crippen LogP contribution in [0.3, 0.4) is 0 Å². The molecule has 0 fully saturated rings. The van der Waals surface area contributed by atoms with Gasteiger partial charge in [-0.25, -0.2) is 4.79 Å². The Morgan fingerprint density at radius 1 is 1.26 bits per heavy atom. The highest BCUT2D eigenvalue weighted by Crippen LogP contribution is 2.29. The summed E-state index contributed by atoms with van der Waals surface area (Å²) < 4.78 is 5.13. The zero-order valence-electron chi connectivity index (χ0n) is 10.4. The first-order valence-electron chi connectivity index (χ1n) is 6.09. The second-order valence-corrected chi connectivity index (χ2v) is 4.98. The number of benzene rings is 1. The Morgan fingerprint density at radius 2 is 2.00 bits per heavy atom. The van der Waals surface area contributed by atoms with Crippen LogP contribution in [0.4, 0.5) is 0 Å². The van der Waals surface area contributed by atoms with Gasteiger partial charge < -0.3 is 4.74 Å². The molecular weight excluding hydrogens is 262 g/mol. The zero-order chi connectivity index (χ0) is 13.4. The Balaban J connectivity index is 2.23. The summed E-state index contributed by atoms with van der Waals surface area (Å²) in [4.78, 5) is 16.5. The Labute approximate surface area is 116 Å². The van der Waals surface area contributed by atoms with Crippen LogP contribution in [0.2, 0.25) is 5.02 Å². The zero-order valence-corrected chi connectivity index (χ0v) is 11.2. The third-order valence-electron chi connectivity index (χ3n) is 3.16. The monoisotopic (exact) mass is 273 g/mol. The molecule has 3 nitrogen and oxygen atoms in total. The molecule has 1 aliphatic rings. The van der Waals surface area contributed by atoms with Crippen molar-refractivity contribution in [3.8, 4) is 11.3 Å². The highest BCUT2D eigenvalue weighted by molar-refractivity contribution is 6.30. The van der Waals surface area contributed by atoms with Crippen LogP contribution >= 0.6 is 11.6 Å². The van der Waals surface area contributed by atoms with E-state index in [1.54, 1.807) is 12.1 Å². The third-order valence-corrected chi connectivity index (χ3v) is 3.41. The number of aromatic nitrogens is 1. The van der Waals surface area contributed by atoms with Crippen molar-refractivity contribution >= 4 is 17.6 Å². The van der Waals surface area contributed by atoms with Crippen LogP contribution in [0.25, 0.3) is 11.3 Å². The molecule has 2 heterocycles. The molecule has 1 aliphatic heterocycles. The maximum absolute atomic E-state index is 12.0. The quantitative estimate of drug-likeness (QED) is 0.748. The molecule has 19 heavy (non-hydrogen) atoms. The number of nitrogens with zero attached hydrogens (tertiary/aromatic N) is 1. The van der Waals surface area contributed by atoms with E-state index in [4.69, 9.17) is 16.3 Å². The number of ether oxygens (including phenoxy) is 1. The van der Waals surface area contributed by atoms with Crippen molar-refractivity contribution in [2.45, 2.75) is 13.3 Å². The molecule has 1 aromatic carbocycles. The minimum atomic E-state index is -0.293. The lowest BCUT2D eigenvalue weighted by molar-refractivity contribution is 0.0481. The van der Waals surface area contributed by atoms with Gasteiger partial charge in [-0.15, -0.1) is 0 Å². The Kier molecular flexibility index (Phi) is 2.99. The van der Waals surface area contributed by atoms with Crippen LogP contribution in [-0.2, 0) is 11.2 Å². The van der Waals surface area contributed by atoms with Crippen LogP contribution < -0.4 is 0 Å². The van der Waals surface area contributed by atoms with E-state index < -0.39 is 0 Å². The van der Waals surface area contributed by atoms with Gasteiger partial charge in [-0.3, -0.25) is 4.98 Å². The summed E-state index contributed by atoms with van der Waals surface area (Å²) in [5.41, 5.74) is 4.05. The number of halogens is 1. The van der Waals surface area contributed by atoms with Crippen LogP contribution in [0.15, 0.2) is 30.3 Å². The molecule has 96 valence electrons. The first-order chi connectivity index (χ1) is 9.15. The van der Waals surface area contributed by atoms with Crippen molar-refractivity contribution in [3.63, 3.8) is 0 Å². The number of carbonyl (C=O) groups excluding carboxylic acids is 1. The van der Waals surface area contributed by atoms with Crippen LogP contribution in [0, 0.1) is 6.92 Å². The SMILES string of the molecule is Cc1cc2c(c(-c3ccc(Cl)cc3)n1)C(=O)OCC2. The fourth-order valence-corrected chi connectivity index (χ4v) is 2.43. The lowest BCUT2D eigenvalue weighted by atomic mass is 9.97. The van der Waals surface area contributed by atoms with Gasteiger partial charge in [0.15, 0.2) is 0 Å². The van der Waals surface area contributed by atoms with E-state index in [0.717, 1.165) is 23.2 Å². The van der Waals surface area contributed by atoms with E-state index in [1.165, 1.54) is 0 Å². The third kappa shape index (κ3) is 2.22. The molecule has 0 radical (unpaired) electrons. The largest absolute Gasteiger partial charge is 0.462 e. The number of esters is 1. The van der Waals surface area contributed by atoms with Crippen molar-refractivity contribution in [2.75, 3.05) is 6.61 Å². The number of hydrogen-bond acceptors (Lipinski definition) is 3.